The third kappa shape index (κ3) is 5.27. The fraction of sp³-hybridized carbons (Fsp3) is 0.333. The minimum atomic E-state index is 0.135. The van der Waals surface area contributed by atoms with Gasteiger partial charge in [-0.25, -0.2) is 0 Å². The van der Waals surface area contributed by atoms with Crippen molar-refractivity contribution in [3.05, 3.63) is 71.3 Å². The second kappa shape index (κ2) is 8.49. The molecular weight excluding hydrogens is 230 g/mol. The topological polar surface area (TPSA) is 26.0 Å². The van der Waals surface area contributed by atoms with Gasteiger partial charge in [0, 0.05) is 6.04 Å². The molecule has 0 amide bonds. The molecule has 0 heterocycles. The second-order valence-electron chi connectivity index (χ2n) is 4.54. The maximum atomic E-state index is 6.19. The number of hydrogen-bond acceptors (Lipinski definition) is 1. The lowest BCUT2D eigenvalue weighted by Crippen LogP contribution is -2.11. The SMILES string of the molecule is CC.Cc1ccc(C(N)CCc2ccccc2)cc1. The quantitative estimate of drug-likeness (QED) is 0.845. The molecule has 2 aromatic carbocycles. The molecule has 2 rings (SSSR count). The molecule has 102 valence electrons. The van der Waals surface area contributed by atoms with Gasteiger partial charge in [-0.05, 0) is 30.9 Å². The Morgan fingerprint density at radius 1 is 0.895 bits per heavy atom. The Labute approximate surface area is 117 Å². The number of nitrogens with two attached hydrogens (primary N) is 1. The van der Waals surface area contributed by atoms with E-state index in [1.165, 1.54) is 16.7 Å². The van der Waals surface area contributed by atoms with Gasteiger partial charge in [0.25, 0.3) is 0 Å². The number of rotatable bonds is 4. The molecule has 0 aliphatic carbocycles. The van der Waals surface area contributed by atoms with Gasteiger partial charge < -0.3 is 5.73 Å². The summed E-state index contributed by atoms with van der Waals surface area (Å²) in [5.74, 6) is 0. The molecule has 1 unspecified atom stereocenters. The van der Waals surface area contributed by atoms with Crippen LogP contribution in [0.3, 0.4) is 0 Å². The van der Waals surface area contributed by atoms with Crippen LogP contribution in [-0.4, -0.2) is 0 Å². The fourth-order valence-electron chi connectivity index (χ4n) is 1.95. The summed E-state index contributed by atoms with van der Waals surface area (Å²) in [6, 6.07) is 19.1. The molecule has 0 saturated carbocycles. The molecule has 0 aliphatic heterocycles. The van der Waals surface area contributed by atoms with Gasteiger partial charge in [-0.2, -0.15) is 0 Å². The van der Waals surface area contributed by atoms with Crippen LogP contribution in [0.15, 0.2) is 54.6 Å². The summed E-state index contributed by atoms with van der Waals surface area (Å²) in [5.41, 5.74) is 10.1. The molecule has 0 bridgehead atoms. The van der Waals surface area contributed by atoms with Crippen LogP contribution in [0.2, 0.25) is 0 Å². The van der Waals surface area contributed by atoms with Gasteiger partial charge >= 0.3 is 0 Å². The second-order valence-corrected chi connectivity index (χ2v) is 4.54. The average molecular weight is 255 g/mol. The molecular formula is C18H25N. The van der Waals surface area contributed by atoms with Crippen molar-refractivity contribution in [2.75, 3.05) is 0 Å². The number of hydrogen-bond donors (Lipinski definition) is 1. The summed E-state index contributed by atoms with van der Waals surface area (Å²) < 4.78 is 0. The first kappa shape index (κ1) is 15.5. The number of benzene rings is 2. The Hall–Kier alpha value is -1.60. The highest BCUT2D eigenvalue weighted by atomic mass is 14.6. The molecule has 0 spiro atoms. The minimum Gasteiger partial charge on any atom is -0.324 e. The van der Waals surface area contributed by atoms with Gasteiger partial charge in [0.15, 0.2) is 0 Å². The zero-order valence-corrected chi connectivity index (χ0v) is 12.3. The van der Waals surface area contributed by atoms with Crippen molar-refractivity contribution >= 4 is 0 Å². The van der Waals surface area contributed by atoms with E-state index in [9.17, 15) is 0 Å². The van der Waals surface area contributed by atoms with Gasteiger partial charge in [0.2, 0.25) is 0 Å². The maximum Gasteiger partial charge on any atom is 0.0298 e. The van der Waals surface area contributed by atoms with E-state index in [2.05, 4.69) is 55.5 Å². The predicted octanol–water partition coefficient (Wildman–Crippen LogP) is 4.65. The molecule has 0 fully saturated rings. The number of aryl methyl sites for hydroxylation is 2. The van der Waals surface area contributed by atoms with E-state index in [1.807, 2.05) is 19.9 Å². The first-order valence-corrected chi connectivity index (χ1v) is 7.12. The van der Waals surface area contributed by atoms with E-state index in [0.29, 0.717) is 0 Å². The summed E-state index contributed by atoms with van der Waals surface area (Å²) in [6.45, 7) is 6.10. The molecule has 0 aromatic heterocycles. The van der Waals surface area contributed by atoms with Gasteiger partial charge in [-0.3, -0.25) is 0 Å². The van der Waals surface area contributed by atoms with Crippen molar-refractivity contribution in [1.82, 2.24) is 0 Å². The molecule has 2 aromatic rings. The molecule has 2 N–H and O–H groups in total. The van der Waals surface area contributed by atoms with Crippen LogP contribution in [0.5, 0.6) is 0 Å². The summed E-state index contributed by atoms with van der Waals surface area (Å²) >= 11 is 0. The van der Waals surface area contributed by atoms with Crippen LogP contribution in [0.4, 0.5) is 0 Å². The highest BCUT2D eigenvalue weighted by Gasteiger charge is 2.05. The first-order valence-electron chi connectivity index (χ1n) is 7.12. The van der Waals surface area contributed by atoms with E-state index < -0.39 is 0 Å². The molecule has 19 heavy (non-hydrogen) atoms. The maximum absolute atomic E-state index is 6.19. The van der Waals surface area contributed by atoms with Crippen molar-refractivity contribution in [3.8, 4) is 0 Å². The van der Waals surface area contributed by atoms with E-state index in [-0.39, 0.29) is 6.04 Å². The zero-order chi connectivity index (χ0) is 14.1. The molecule has 0 saturated heterocycles. The van der Waals surface area contributed by atoms with Crippen molar-refractivity contribution in [1.29, 1.82) is 0 Å². The third-order valence-electron chi connectivity index (χ3n) is 3.09. The van der Waals surface area contributed by atoms with Crippen LogP contribution >= 0.6 is 0 Å². The lowest BCUT2D eigenvalue weighted by atomic mass is 9.99. The van der Waals surface area contributed by atoms with Gasteiger partial charge in [0.05, 0.1) is 0 Å². The first-order chi connectivity index (χ1) is 9.25. The largest absolute Gasteiger partial charge is 0.324 e. The Morgan fingerprint density at radius 2 is 1.47 bits per heavy atom. The third-order valence-corrected chi connectivity index (χ3v) is 3.09. The fourth-order valence-corrected chi connectivity index (χ4v) is 1.95. The highest BCUT2D eigenvalue weighted by molar-refractivity contribution is 5.24. The average Bonchev–Trinajstić information content (AvgIpc) is 2.49. The summed E-state index contributed by atoms with van der Waals surface area (Å²) in [6.07, 6.45) is 2.03. The van der Waals surface area contributed by atoms with Crippen molar-refractivity contribution < 1.29 is 0 Å². The van der Waals surface area contributed by atoms with Crippen LogP contribution < -0.4 is 5.73 Å². The lowest BCUT2D eigenvalue weighted by Gasteiger charge is -2.12. The van der Waals surface area contributed by atoms with Crippen LogP contribution in [0.25, 0.3) is 0 Å². The normalized spacial score (nSPS) is 11.4. The van der Waals surface area contributed by atoms with Gasteiger partial charge in [-0.1, -0.05) is 74.0 Å². The van der Waals surface area contributed by atoms with Crippen molar-refractivity contribution in [3.63, 3.8) is 0 Å². The minimum absolute atomic E-state index is 0.135. The standard InChI is InChI=1S/C16H19N.C2H6/c1-13-7-10-15(11-8-13)16(17)12-9-14-5-3-2-4-6-14;1-2/h2-8,10-11,16H,9,12,17H2,1H3;1-2H3. The Balaban J connectivity index is 0.000000861. The van der Waals surface area contributed by atoms with E-state index in [1.54, 1.807) is 0 Å². The van der Waals surface area contributed by atoms with E-state index in [0.717, 1.165) is 12.8 Å². The van der Waals surface area contributed by atoms with Crippen molar-refractivity contribution in [2.45, 2.75) is 39.7 Å². The Kier molecular flexibility index (Phi) is 6.91. The molecule has 1 nitrogen and oxygen atoms in total. The Morgan fingerprint density at radius 3 is 2.05 bits per heavy atom. The Bertz CT molecular complexity index is 445. The summed E-state index contributed by atoms with van der Waals surface area (Å²) in [4.78, 5) is 0. The van der Waals surface area contributed by atoms with Crippen LogP contribution in [0, 0.1) is 6.92 Å². The zero-order valence-electron chi connectivity index (χ0n) is 12.3. The predicted molar refractivity (Wildman–Crippen MR) is 84.2 cm³/mol. The molecule has 0 aliphatic rings. The molecule has 0 radical (unpaired) electrons. The highest BCUT2D eigenvalue weighted by Crippen LogP contribution is 2.17. The van der Waals surface area contributed by atoms with E-state index in [4.69, 9.17) is 5.73 Å². The summed E-state index contributed by atoms with van der Waals surface area (Å²) in [7, 11) is 0. The molecule has 1 atom stereocenters. The lowest BCUT2D eigenvalue weighted by molar-refractivity contribution is 0.651. The van der Waals surface area contributed by atoms with Gasteiger partial charge in [-0.15, -0.1) is 0 Å². The van der Waals surface area contributed by atoms with E-state index >= 15 is 0 Å². The monoisotopic (exact) mass is 255 g/mol. The van der Waals surface area contributed by atoms with Crippen LogP contribution in [-0.2, 0) is 6.42 Å². The van der Waals surface area contributed by atoms with Gasteiger partial charge in [0.1, 0.15) is 0 Å². The smallest absolute Gasteiger partial charge is 0.0298 e. The van der Waals surface area contributed by atoms with Crippen LogP contribution in [0.1, 0.15) is 43.0 Å². The molecule has 1 heteroatoms. The summed E-state index contributed by atoms with van der Waals surface area (Å²) in [5, 5.41) is 0. The van der Waals surface area contributed by atoms with Crippen molar-refractivity contribution in [2.24, 2.45) is 5.73 Å².